The van der Waals surface area contributed by atoms with Crippen molar-refractivity contribution < 1.29 is 80.0 Å². The van der Waals surface area contributed by atoms with Crippen molar-refractivity contribution in [1.82, 2.24) is 0 Å². The van der Waals surface area contributed by atoms with Crippen molar-refractivity contribution in [3.8, 4) is 0 Å². The fraction of sp³-hybridized carbons (Fsp3) is 0. The Labute approximate surface area is 222 Å². The van der Waals surface area contributed by atoms with E-state index in [-0.39, 0.29) is 54.8 Å². The van der Waals surface area contributed by atoms with E-state index >= 15 is 0 Å². The zero-order valence-corrected chi connectivity index (χ0v) is 23.4. The Morgan fingerprint density at radius 2 is 0.500 bits per heavy atom. The molecule has 184 valence electrons. The molecule has 0 aliphatic rings. The summed E-state index contributed by atoms with van der Waals surface area (Å²) in [5.74, 6) is 0. The summed E-state index contributed by atoms with van der Waals surface area (Å²) in [5.41, 5.74) is 0. The maximum Gasteiger partial charge on any atom is 0.357 e. The van der Waals surface area contributed by atoms with Gasteiger partial charge in [-0.2, -0.15) is 0 Å². The summed E-state index contributed by atoms with van der Waals surface area (Å²) in [6.07, 6.45) is 0. The Kier molecular flexibility index (Phi) is 11.8. The van der Waals surface area contributed by atoms with Crippen molar-refractivity contribution in [3.05, 3.63) is 136 Å². The van der Waals surface area contributed by atoms with Crippen LogP contribution in [0.5, 0.6) is 0 Å². The Morgan fingerprint density at radius 3 is 0.647 bits per heavy atom. The molecule has 0 aromatic heterocycles. The van der Waals surface area contributed by atoms with Crippen LogP contribution >= 0.6 is 7.81 Å². The van der Waals surface area contributed by atoms with E-state index in [0.29, 0.717) is 0 Å². The molecule has 0 radical (unpaired) electrons. The van der Waals surface area contributed by atoms with Crippen molar-refractivity contribution in [2.24, 2.45) is 0 Å². The summed E-state index contributed by atoms with van der Waals surface area (Å²) in [6, 6.07) is 42.8. The van der Waals surface area contributed by atoms with Crippen LogP contribution in [0.4, 0.5) is 25.2 Å². The van der Waals surface area contributed by atoms with Crippen LogP contribution in [0.15, 0.2) is 121 Å². The van der Waals surface area contributed by atoms with Gasteiger partial charge < -0.3 is 12.4 Å². The first-order valence-corrected chi connectivity index (χ1v) is 15.8. The predicted molar refractivity (Wildman–Crippen MR) is 114 cm³/mol. The van der Waals surface area contributed by atoms with E-state index < -0.39 is 7.81 Å². The topological polar surface area (TPSA) is 0 Å². The first-order chi connectivity index (χ1) is 15.3. The molecule has 0 nitrogen and oxygen atoms in total. The number of benzene rings is 4. The molecule has 4 rings (SSSR count). The van der Waals surface area contributed by atoms with Crippen LogP contribution in [0.2, 0.25) is 0 Å². The minimum absolute atomic E-state index is 0. The maximum absolute atomic E-state index is 10.7. The average molecular weight is 743 g/mol. The maximum atomic E-state index is 9.87. The Balaban J connectivity index is 0.000000264. The van der Waals surface area contributed by atoms with Gasteiger partial charge >= 0.3 is 75.4 Å². The molecule has 0 aliphatic heterocycles. The molecule has 0 amide bonds. The second kappa shape index (κ2) is 13.1. The number of rotatable bonds is 4. The standard InChI is InChI=1S/2C12H10I.ClH.F6P/c2*1-3-7-11(8-4-1)13-12-9-5-2-6-10-12;;1-7(2,3,4,5)6/h2*1-10H;1H;/q2*+1;;-1/p-1. The molecular weight excluding hydrogens is 722 g/mol. The first-order valence-electron chi connectivity index (χ1n) is 9.41. The molecule has 4 aromatic carbocycles. The van der Waals surface area contributed by atoms with Crippen molar-refractivity contribution in [1.29, 1.82) is 0 Å². The molecule has 0 aliphatic carbocycles. The summed E-state index contributed by atoms with van der Waals surface area (Å²) < 4.78 is 65.1. The van der Waals surface area contributed by atoms with Gasteiger partial charge in [-0.3, -0.25) is 0 Å². The molecule has 0 spiro atoms. The fourth-order valence-corrected chi connectivity index (χ4v) is 6.70. The molecule has 0 bridgehead atoms. The van der Waals surface area contributed by atoms with E-state index in [2.05, 4.69) is 121 Å². The minimum atomic E-state index is -10.7. The Morgan fingerprint density at radius 1 is 0.353 bits per heavy atom. The van der Waals surface area contributed by atoms with Crippen molar-refractivity contribution in [2.45, 2.75) is 0 Å². The van der Waals surface area contributed by atoms with Gasteiger partial charge in [0.1, 0.15) is 0 Å². The van der Waals surface area contributed by atoms with Crippen LogP contribution < -0.4 is 54.8 Å². The van der Waals surface area contributed by atoms with E-state index in [1.807, 2.05) is 0 Å². The second-order valence-corrected chi connectivity index (χ2v) is 14.3. The van der Waals surface area contributed by atoms with Crippen LogP contribution in [-0.2, 0) is 0 Å². The summed E-state index contributed by atoms with van der Waals surface area (Å²) in [6.45, 7) is 0. The minimum Gasteiger partial charge on any atom is -1.00 e. The van der Waals surface area contributed by atoms with Gasteiger partial charge in [0, 0.05) is 0 Å². The van der Waals surface area contributed by atoms with Gasteiger partial charge in [0.2, 0.25) is 0 Å². The summed E-state index contributed by atoms with van der Waals surface area (Å²) in [7, 11) is -10.7. The van der Waals surface area contributed by atoms with E-state index in [9.17, 15) is 25.2 Å². The summed E-state index contributed by atoms with van der Waals surface area (Å²) >= 11 is 0.0574. The number of hydrogen-bond acceptors (Lipinski definition) is 0. The molecule has 34 heavy (non-hydrogen) atoms. The molecule has 0 atom stereocenters. The zero-order valence-electron chi connectivity index (χ0n) is 17.4. The molecule has 10 heteroatoms. The third-order valence-corrected chi connectivity index (χ3v) is 8.74. The van der Waals surface area contributed by atoms with Crippen LogP contribution in [0, 0.1) is 14.3 Å². The molecule has 0 saturated heterocycles. The second-order valence-electron chi connectivity index (χ2n) is 6.33. The van der Waals surface area contributed by atoms with Crippen LogP contribution in [0.1, 0.15) is 0 Å². The molecule has 0 N–H and O–H groups in total. The number of hydrogen-bond donors (Lipinski definition) is 0. The Bertz CT molecular complexity index is 921. The molecule has 4 aromatic rings. The third-order valence-electron chi connectivity index (χ3n) is 3.37. The van der Waals surface area contributed by atoms with Crippen molar-refractivity contribution in [3.63, 3.8) is 0 Å². The van der Waals surface area contributed by atoms with Crippen LogP contribution in [0.3, 0.4) is 0 Å². The van der Waals surface area contributed by atoms with Gasteiger partial charge in [-0.15, -0.1) is 0 Å². The fourth-order valence-electron chi connectivity index (χ4n) is 2.16. The van der Waals surface area contributed by atoms with E-state index in [0.717, 1.165) is 0 Å². The van der Waals surface area contributed by atoms with Gasteiger partial charge in [-0.1, -0.05) is 72.8 Å². The van der Waals surface area contributed by atoms with Gasteiger partial charge in [0.25, 0.3) is 0 Å². The summed E-state index contributed by atoms with van der Waals surface area (Å²) in [4.78, 5) is 0. The van der Waals surface area contributed by atoms with Gasteiger partial charge in [0.05, 0.1) is 0 Å². The SMILES string of the molecule is F[P-](F)(F)(F)(F)F.[Cl-].c1ccc([I+]c2ccccc2)cc1.c1ccc([I+]c2ccccc2)cc1. The van der Waals surface area contributed by atoms with Gasteiger partial charge in [-0.05, 0) is 48.5 Å². The quantitative estimate of drug-likeness (QED) is 0.157. The van der Waals surface area contributed by atoms with Crippen LogP contribution in [-0.4, -0.2) is 0 Å². The monoisotopic (exact) mass is 742 g/mol. The third kappa shape index (κ3) is 18.0. The number of halogens is 9. The largest absolute Gasteiger partial charge is 1.00 e. The smallest absolute Gasteiger partial charge is 0.357 e. The van der Waals surface area contributed by atoms with Crippen molar-refractivity contribution >= 4 is 7.81 Å². The van der Waals surface area contributed by atoms with E-state index in [1.54, 1.807) is 0 Å². The van der Waals surface area contributed by atoms with E-state index in [1.165, 1.54) is 14.3 Å². The molecule has 0 fully saturated rings. The molecule has 0 unspecified atom stereocenters. The van der Waals surface area contributed by atoms with Crippen molar-refractivity contribution in [2.75, 3.05) is 0 Å². The first kappa shape index (κ1) is 30.7. The van der Waals surface area contributed by atoms with Gasteiger partial charge in [-0.25, -0.2) is 0 Å². The zero-order chi connectivity index (χ0) is 24.3. The summed E-state index contributed by atoms with van der Waals surface area (Å²) in [5, 5.41) is 0. The normalized spacial score (nSPS) is 12.3. The molecular formula is C24H20ClF6I2P. The average Bonchev–Trinajstić information content (AvgIpc) is 2.75. The Hall–Kier alpha value is -1.36. The molecule has 0 saturated carbocycles. The van der Waals surface area contributed by atoms with E-state index in [4.69, 9.17) is 0 Å². The predicted octanol–water partition coefficient (Wildman–Crippen LogP) is 0.0164. The van der Waals surface area contributed by atoms with Gasteiger partial charge in [0.15, 0.2) is 14.3 Å². The molecule has 0 heterocycles. The van der Waals surface area contributed by atoms with Crippen LogP contribution in [0.25, 0.3) is 0 Å².